The fourth-order valence-electron chi connectivity index (χ4n) is 3.55. The van der Waals surface area contributed by atoms with E-state index < -0.39 is 35.4 Å². The Hall–Kier alpha value is -3.05. The van der Waals surface area contributed by atoms with Crippen molar-refractivity contribution in [1.29, 1.82) is 0 Å². The smallest absolute Gasteiger partial charge is 0.416 e. The quantitative estimate of drug-likeness (QED) is 0.471. The molecule has 0 aliphatic carbocycles. The van der Waals surface area contributed by atoms with Crippen molar-refractivity contribution in [1.82, 2.24) is 14.7 Å². The minimum atomic E-state index is -4.94. The highest BCUT2D eigenvalue weighted by Crippen LogP contribution is 2.36. The van der Waals surface area contributed by atoms with Crippen molar-refractivity contribution in [3.63, 3.8) is 0 Å². The van der Waals surface area contributed by atoms with Crippen LogP contribution in [0.4, 0.5) is 26.3 Å². The molecule has 1 aliphatic rings. The van der Waals surface area contributed by atoms with Gasteiger partial charge in [0, 0.05) is 19.5 Å². The molecule has 0 saturated carbocycles. The first-order valence-electron chi connectivity index (χ1n) is 10.2. The number of carbonyl (C=O) groups excluding carboxylic acids is 2. The van der Waals surface area contributed by atoms with Gasteiger partial charge in [-0.25, -0.2) is 4.79 Å². The summed E-state index contributed by atoms with van der Waals surface area (Å²) in [6.07, 6.45) is -9.92. The van der Waals surface area contributed by atoms with Gasteiger partial charge in [0.15, 0.2) is 5.69 Å². The Bertz CT molecular complexity index is 997. The van der Waals surface area contributed by atoms with Crippen molar-refractivity contribution >= 4 is 11.9 Å². The van der Waals surface area contributed by atoms with E-state index in [1.165, 1.54) is 11.0 Å². The maximum absolute atomic E-state index is 13.0. The monoisotopic (exact) mass is 477 g/mol. The van der Waals surface area contributed by atoms with Crippen molar-refractivity contribution < 1.29 is 40.7 Å². The summed E-state index contributed by atoms with van der Waals surface area (Å²) in [6.45, 7) is 2.73. The maximum atomic E-state index is 13.0. The van der Waals surface area contributed by atoms with E-state index in [9.17, 15) is 35.9 Å². The lowest BCUT2D eigenvalue weighted by molar-refractivity contribution is -0.143. The zero-order valence-corrected chi connectivity index (χ0v) is 17.6. The van der Waals surface area contributed by atoms with Crippen LogP contribution in [0, 0.1) is 0 Å². The highest BCUT2D eigenvalue weighted by Gasteiger charge is 2.37. The third-order valence-corrected chi connectivity index (χ3v) is 5.13. The Kier molecular flexibility index (Phi) is 7.03. The molecule has 3 rings (SSSR count). The predicted octanol–water partition coefficient (Wildman–Crippen LogP) is 4.46. The summed E-state index contributed by atoms with van der Waals surface area (Å²) in [5.74, 6) is -1.02. The molecule has 180 valence electrons. The SMILES string of the molecule is CCOC(=O)c1cc2n(n1)CCCN(C(=O)CCc1cc(C(F)(F)F)cc(C(F)(F)F)c1)C2. The molecule has 2 aromatic rings. The van der Waals surface area contributed by atoms with E-state index in [2.05, 4.69) is 5.10 Å². The summed E-state index contributed by atoms with van der Waals surface area (Å²) in [5.41, 5.74) is -2.36. The zero-order valence-electron chi connectivity index (χ0n) is 17.6. The summed E-state index contributed by atoms with van der Waals surface area (Å²) in [5, 5.41) is 4.17. The predicted molar refractivity (Wildman–Crippen MR) is 103 cm³/mol. The molecule has 0 N–H and O–H groups in total. The topological polar surface area (TPSA) is 64.4 Å². The largest absolute Gasteiger partial charge is 0.461 e. The number of rotatable bonds is 5. The lowest BCUT2D eigenvalue weighted by Crippen LogP contribution is -2.30. The van der Waals surface area contributed by atoms with Gasteiger partial charge in [0.2, 0.25) is 5.91 Å². The molecule has 33 heavy (non-hydrogen) atoms. The van der Waals surface area contributed by atoms with Gasteiger partial charge in [0.25, 0.3) is 0 Å². The molecular formula is C21H21F6N3O3. The van der Waals surface area contributed by atoms with Gasteiger partial charge < -0.3 is 9.64 Å². The lowest BCUT2D eigenvalue weighted by atomic mass is 10.0. The van der Waals surface area contributed by atoms with E-state index >= 15 is 0 Å². The van der Waals surface area contributed by atoms with E-state index in [4.69, 9.17) is 4.74 Å². The molecule has 6 nitrogen and oxygen atoms in total. The van der Waals surface area contributed by atoms with Crippen LogP contribution >= 0.6 is 0 Å². The minimum absolute atomic E-state index is 0.0579. The second-order valence-electron chi connectivity index (χ2n) is 7.55. The number of nitrogens with zero attached hydrogens (tertiary/aromatic N) is 3. The Morgan fingerprint density at radius 1 is 1.00 bits per heavy atom. The van der Waals surface area contributed by atoms with Gasteiger partial charge >= 0.3 is 18.3 Å². The maximum Gasteiger partial charge on any atom is 0.416 e. The molecule has 0 saturated heterocycles. The molecule has 0 unspecified atom stereocenters. The number of benzene rings is 1. The first-order valence-corrected chi connectivity index (χ1v) is 10.2. The molecule has 1 aromatic carbocycles. The summed E-state index contributed by atoms with van der Waals surface area (Å²) in [4.78, 5) is 26.0. The van der Waals surface area contributed by atoms with E-state index in [0.29, 0.717) is 37.3 Å². The van der Waals surface area contributed by atoms with Crippen LogP contribution < -0.4 is 0 Å². The number of esters is 1. The van der Waals surface area contributed by atoms with Crippen molar-refractivity contribution in [2.75, 3.05) is 13.2 Å². The summed E-state index contributed by atoms with van der Waals surface area (Å²) < 4.78 is 84.7. The average molecular weight is 477 g/mol. The zero-order chi connectivity index (χ0) is 24.4. The first kappa shape index (κ1) is 24.6. The molecule has 0 atom stereocenters. The number of carbonyl (C=O) groups is 2. The van der Waals surface area contributed by atoms with Gasteiger partial charge in [-0.1, -0.05) is 0 Å². The number of hydrogen-bond acceptors (Lipinski definition) is 4. The third kappa shape index (κ3) is 6.05. The van der Waals surface area contributed by atoms with Crippen LogP contribution in [0.15, 0.2) is 24.3 Å². The molecule has 0 spiro atoms. The number of fused-ring (bicyclic) bond motifs is 1. The Balaban J connectivity index is 1.72. The second kappa shape index (κ2) is 9.44. The number of aromatic nitrogens is 2. The molecule has 1 amide bonds. The van der Waals surface area contributed by atoms with E-state index in [0.717, 1.165) is 0 Å². The van der Waals surface area contributed by atoms with E-state index in [1.807, 2.05) is 0 Å². The summed E-state index contributed by atoms with van der Waals surface area (Å²) in [6, 6.07) is 2.83. The van der Waals surface area contributed by atoms with Gasteiger partial charge in [-0.15, -0.1) is 0 Å². The standard InChI is InChI=1S/C21H21F6N3O3/c1-2-33-19(32)17-11-16-12-29(6-3-7-30(16)28-17)18(31)5-4-13-8-14(20(22,23)24)10-15(9-13)21(25,26)27/h8-11H,2-7,12H2,1H3. The van der Waals surface area contributed by atoms with Crippen LogP contribution in [0.2, 0.25) is 0 Å². The average Bonchev–Trinajstić information content (AvgIpc) is 3.02. The second-order valence-corrected chi connectivity index (χ2v) is 7.55. The first-order chi connectivity index (χ1) is 15.4. The van der Waals surface area contributed by atoms with Crippen molar-refractivity contribution in [2.24, 2.45) is 0 Å². The number of aryl methyl sites for hydroxylation is 2. The van der Waals surface area contributed by atoms with Crippen LogP contribution in [-0.2, 0) is 41.4 Å². The van der Waals surface area contributed by atoms with Crippen LogP contribution in [0.3, 0.4) is 0 Å². The number of alkyl halides is 6. The molecule has 2 heterocycles. The van der Waals surface area contributed by atoms with Crippen LogP contribution in [0.5, 0.6) is 0 Å². The van der Waals surface area contributed by atoms with Crippen molar-refractivity contribution in [3.8, 4) is 0 Å². The van der Waals surface area contributed by atoms with Gasteiger partial charge in [0.1, 0.15) is 0 Å². The Morgan fingerprint density at radius 2 is 1.64 bits per heavy atom. The highest BCUT2D eigenvalue weighted by atomic mass is 19.4. The lowest BCUT2D eigenvalue weighted by Gasteiger charge is -2.20. The van der Waals surface area contributed by atoms with Gasteiger partial charge in [-0.05, 0) is 49.6 Å². The van der Waals surface area contributed by atoms with Crippen LogP contribution in [-0.4, -0.2) is 39.7 Å². The van der Waals surface area contributed by atoms with Crippen molar-refractivity contribution in [3.05, 3.63) is 52.3 Å². The number of amides is 1. The minimum Gasteiger partial charge on any atom is -0.461 e. The number of halogens is 6. The van der Waals surface area contributed by atoms with Crippen LogP contribution in [0.1, 0.15) is 52.6 Å². The molecule has 1 aliphatic heterocycles. The van der Waals surface area contributed by atoms with Gasteiger partial charge in [-0.3, -0.25) is 9.48 Å². The molecule has 12 heteroatoms. The normalized spacial score (nSPS) is 14.6. The van der Waals surface area contributed by atoms with Crippen LogP contribution in [0.25, 0.3) is 0 Å². The number of ether oxygens (including phenoxy) is 1. The molecule has 0 fully saturated rings. The fourth-order valence-corrected chi connectivity index (χ4v) is 3.55. The molecule has 0 radical (unpaired) electrons. The number of hydrogen-bond donors (Lipinski definition) is 0. The summed E-state index contributed by atoms with van der Waals surface area (Å²) >= 11 is 0. The van der Waals surface area contributed by atoms with Gasteiger partial charge in [-0.2, -0.15) is 31.4 Å². The summed E-state index contributed by atoms with van der Waals surface area (Å²) in [7, 11) is 0. The Labute approximate surface area is 185 Å². The molecular weight excluding hydrogens is 456 g/mol. The molecule has 1 aromatic heterocycles. The fraction of sp³-hybridized carbons (Fsp3) is 0.476. The van der Waals surface area contributed by atoms with Gasteiger partial charge in [0.05, 0.1) is 30.0 Å². The Morgan fingerprint density at radius 3 is 2.21 bits per heavy atom. The molecule has 0 bridgehead atoms. The van der Waals surface area contributed by atoms with E-state index in [1.54, 1.807) is 11.6 Å². The van der Waals surface area contributed by atoms with Crippen molar-refractivity contribution in [2.45, 2.75) is 51.6 Å². The third-order valence-electron chi connectivity index (χ3n) is 5.13. The highest BCUT2D eigenvalue weighted by molar-refractivity contribution is 5.87. The van der Waals surface area contributed by atoms with E-state index in [-0.39, 0.29) is 43.3 Å².